The van der Waals surface area contributed by atoms with E-state index in [9.17, 15) is 9.90 Å². The lowest BCUT2D eigenvalue weighted by atomic mass is 10.2. The van der Waals surface area contributed by atoms with E-state index < -0.39 is 6.10 Å². The first-order chi connectivity index (χ1) is 8.75. The van der Waals surface area contributed by atoms with Gasteiger partial charge in [0.25, 0.3) is 0 Å². The van der Waals surface area contributed by atoms with E-state index in [0.717, 1.165) is 25.0 Å². The maximum absolute atomic E-state index is 11.5. The molecule has 0 spiro atoms. The fraction of sp³-hybridized carbons (Fsp3) is 0.583. The van der Waals surface area contributed by atoms with Crippen molar-refractivity contribution in [3.05, 3.63) is 22.4 Å². The van der Waals surface area contributed by atoms with Crippen LogP contribution in [0.25, 0.3) is 0 Å². The average molecular weight is 270 g/mol. The fourth-order valence-corrected chi connectivity index (χ4v) is 2.55. The van der Waals surface area contributed by atoms with Gasteiger partial charge in [0.2, 0.25) is 0 Å². The van der Waals surface area contributed by atoms with E-state index in [1.807, 2.05) is 16.8 Å². The Balaban J connectivity index is 1.62. The standard InChI is InChI=1S/C12H18N2O3S/c15-11(9-3-5-18-8-9)7-14-12(16)13-6-10-2-1-4-17-10/h3,5,8,10-11,15H,1-2,4,6-7H2,(H2,13,14,16). The van der Waals surface area contributed by atoms with Gasteiger partial charge in [-0.25, -0.2) is 4.79 Å². The summed E-state index contributed by atoms with van der Waals surface area (Å²) in [4.78, 5) is 11.5. The molecule has 1 fully saturated rings. The van der Waals surface area contributed by atoms with Crippen LogP contribution in [0.15, 0.2) is 16.8 Å². The summed E-state index contributed by atoms with van der Waals surface area (Å²) in [6.07, 6.45) is 1.55. The lowest BCUT2D eigenvalue weighted by Crippen LogP contribution is -2.41. The Labute approximate surface area is 110 Å². The van der Waals surface area contributed by atoms with Crippen LogP contribution in [-0.4, -0.2) is 36.9 Å². The second-order valence-corrected chi connectivity index (χ2v) is 5.08. The molecule has 1 aliphatic rings. The van der Waals surface area contributed by atoms with Crippen molar-refractivity contribution in [1.82, 2.24) is 10.6 Å². The molecule has 2 unspecified atom stereocenters. The Morgan fingerprint density at radius 3 is 3.17 bits per heavy atom. The zero-order valence-electron chi connectivity index (χ0n) is 10.1. The van der Waals surface area contributed by atoms with Crippen LogP contribution in [-0.2, 0) is 4.74 Å². The van der Waals surface area contributed by atoms with Crippen LogP contribution in [0.2, 0.25) is 0 Å². The van der Waals surface area contributed by atoms with E-state index in [1.54, 1.807) is 0 Å². The second kappa shape index (κ2) is 6.72. The number of carbonyl (C=O) groups is 1. The minimum absolute atomic E-state index is 0.137. The highest BCUT2D eigenvalue weighted by Crippen LogP contribution is 2.15. The lowest BCUT2D eigenvalue weighted by Gasteiger charge is -2.13. The van der Waals surface area contributed by atoms with Gasteiger partial charge in [-0.2, -0.15) is 11.3 Å². The molecule has 1 aromatic rings. The van der Waals surface area contributed by atoms with Crippen molar-refractivity contribution in [2.45, 2.75) is 25.0 Å². The SMILES string of the molecule is O=C(NCC1CCCO1)NCC(O)c1ccsc1. The highest BCUT2D eigenvalue weighted by molar-refractivity contribution is 7.07. The number of ether oxygens (including phenoxy) is 1. The van der Waals surface area contributed by atoms with Crippen LogP contribution >= 0.6 is 11.3 Å². The number of nitrogens with one attached hydrogen (secondary N) is 2. The van der Waals surface area contributed by atoms with Gasteiger partial charge in [-0.3, -0.25) is 0 Å². The summed E-state index contributed by atoms with van der Waals surface area (Å²) < 4.78 is 5.40. The molecule has 0 bridgehead atoms. The molecule has 6 heteroatoms. The van der Waals surface area contributed by atoms with Gasteiger partial charge in [-0.1, -0.05) is 0 Å². The molecule has 0 saturated carbocycles. The topological polar surface area (TPSA) is 70.6 Å². The van der Waals surface area contributed by atoms with Crippen LogP contribution in [0.3, 0.4) is 0 Å². The van der Waals surface area contributed by atoms with Crippen LogP contribution in [0.1, 0.15) is 24.5 Å². The second-order valence-electron chi connectivity index (χ2n) is 4.30. The van der Waals surface area contributed by atoms with E-state index in [1.165, 1.54) is 11.3 Å². The van der Waals surface area contributed by atoms with Gasteiger partial charge in [0.15, 0.2) is 0 Å². The summed E-state index contributed by atoms with van der Waals surface area (Å²) in [5, 5.41) is 18.9. The van der Waals surface area contributed by atoms with Gasteiger partial charge in [0.1, 0.15) is 0 Å². The van der Waals surface area contributed by atoms with Gasteiger partial charge in [-0.05, 0) is 35.2 Å². The van der Waals surface area contributed by atoms with Crippen molar-refractivity contribution in [2.24, 2.45) is 0 Å². The van der Waals surface area contributed by atoms with Crippen molar-refractivity contribution in [3.63, 3.8) is 0 Å². The number of hydrogen-bond acceptors (Lipinski definition) is 4. The molecule has 2 heterocycles. The van der Waals surface area contributed by atoms with Gasteiger partial charge in [0.05, 0.1) is 12.2 Å². The molecule has 1 aliphatic heterocycles. The minimum Gasteiger partial charge on any atom is -0.387 e. The highest BCUT2D eigenvalue weighted by atomic mass is 32.1. The average Bonchev–Trinajstić information content (AvgIpc) is 3.05. The van der Waals surface area contributed by atoms with Gasteiger partial charge in [-0.15, -0.1) is 0 Å². The predicted molar refractivity (Wildman–Crippen MR) is 69.7 cm³/mol. The first-order valence-corrected chi connectivity index (χ1v) is 7.03. The van der Waals surface area contributed by atoms with Crippen molar-refractivity contribution >= 4 is 17.4 Å². The number of urea groups is 1. The first kappa shape index (κ1) is 13.3. The number of aliphatic hydroxyl groups is 1. The number of aliphatic hydroxyl groups excluding tert-OH is 1. The van der Waals surface area contributed by atoms with Crippen LogP contribution in [0.4, 0.5) is 4.79 Å². The molecule has 1 aromatic heterocycles. The number of rotatable bonds is 5. The summed E-state index contributed by atoms with van der Waals surface area (Å²) >= 11 is 1.52. The summed E-state index contributed by atoms with van der Waals surface area (Å²) in [6, 6.07) is 1.58. The quantitative estimate of drug-likeness (QED) is 0.754. The molecule has 0 aliphatic carbocycles. The summed E-state index contributed by atoms with van der Waals surface area (Å²) in [5.74, 6) is 0. The van der Waals surface area contributed by atoms with E-state index in [-0.39, 0.29) is 18.7 Å². The van der Waals surface area contributed by atoms with E-state index in [2.05, 4.69) is 10.6 Å². The zero-order valence-corrected chi connectivity index (χ0v) is 10.9. The Morgan fingerprint density at radius 2 is 2.50 bits per heavy atom. The maximum atomic E-state index is 11.5. The first-order valence-electron chi connectivity index (χ1n) is 6.09. The van der Waals surface area contributed by atoms with Gasteiger partial charge in [0, 0.05) is 19.7 Å². The van der Waals surface area contributed by atoms with Crippen molar-refractivity contribution in [3.8, 4) is 0 Å². The van der Waals surface area contributed by atoms with Crippen LogP contribution in [0.5, 0.6) is 0 Å². The van der Waals surface area contributed by atoms with Crippen molar-refractivity contribution in [1.29, 1.82) is 0 Å². The molecule has 0 aromatic carbocycles. The highest BCUT2D eigenvalue weighted by Gasteiger charge is 2.16. The molecule has 18 heavy (non-hydrogen) atoms. The number of thiophene rings is 1. The van der Waals surface area contributed by atoms with E-state index in [4.69, 9.17) is 4.74 Å². The minimum atomic E-state index is -0.648. The van der Waals surface area contributed by atoms with Gasteiger partial charge >= 0.3 is 6.03 Å². The Hall–Kier alpha value is -1.11. The summed E-state index contributed by atoms with van der Waals surface area (Å²) in [6.45, 7) is 1.53. The maximum Gasteiger partial charge on any atom is 0.314 e. The zero-order chi connectivity index (χ0) is 12.8. The third-order valence-electron chi connectivity index (χ3n) is 2.90. The fourth-order valence-electron chi connectivity index (χ4n) is 1.85. The Morgan fingerprint density at radius 1 is 1.61 bits per heavy atom. The molecule has 2 rings (SSSR count). The van der Waals surface area contributed by atoms with Crippen molar-refractivity contribution < 1.29 is 14.6 Å². The van der Waals surface area contributed by atoms with Gasteiger partial charge < -0.3 is 20.5 Å². The van der Waals surface area contributed by atoms with Crippen molar-refractivity contribution in [2.75, 3.05) is 19.7 Å². The molecule has 5 nitrogen and oxygen atoms in total. The number of carbonyl (C=O) groups excluding carboxylic acids is 1. The third-order valence-corrected chi connectivity index (χ3v) is 3.60. The summed E-state index contributed by atoms with van der Waals surface area (Å²) in [5.41, 5.74) is 0.833. The number of hydrogen-bond donors (Lipinski definition) is 3. The van der Waals surface area contributed by atoms with E-state index >= 15 is 0 Å². The lowest BCUT2D eigenvalue weighted by molar-refractivity contribution is 0.111. The summed E-state index contributed by atoms with van der Waals surface area (Å²) in [7, 11) is 0. The van der Waals surface area contributed by atoms with Crippen LogP contribution in [0, 0.1) is 0 Å². The largest absolute Gasteiger partial charge is 0.387 e. The molecule has 0 radical (unpaired) electrons. The monoisotopic (exact) mass is 270 g/mol. The molecule has 2 atom stereocenters. The Kier molecular flexibility index (Phi) is 4.98. The smallest absolute Gasteiger partial charge is 0.314 e. The van der Waals surface area contributed by atoms with Crippen LogP contribution < -0.4 is 10.6 Å². The normalized spacial score (nSPS) is 20.6. The van der Waals surface area contributed by atoms with E-state index in [0.29, 0.717) is 6.54 Å². The predicted octanol–water partition coefficient (Wildman–Crippen LogP) is 1.26. The molecule has 2 amide bonds. The Bertz CT molecular complexity index is 363. The molecular formula is C12H18N2O3S. The molecule has 1 saturated heterocycles. The number of amides is 2. The molecule has 100 valence electrons. The molecular weight excluding hydrogens is 252 g/mol. The third kappa shape index (κ3) is 3.97. The molecule has 3 N–H and O–H groups in total.